The van der Waals surface area contributed by atoms with E-state index in [4.69, 9.17) is 34.1 Å². The topological polar surface area (TPSA) is 300 Å². The number of carbonyl (C=O) groups is 7. The highest BCUT2D eigenvalue weighted by Gasteiger charge is 2.37. The van der Waals surface area contributed by atoms with Gasteiger partial charge in [0.2, 0.25) is 29.7 Å². The number of amides is 4. The Labute approximate surface area is 531 Å². The smallest absolute Gasteiger partial charge is 0.458 e. The van der Waals surface area contributed by atoms with E-state index < -0.39 is 64.8 Å². The molecule has 482 valence electrons. The molecule has 2 atom stereocenters. The first kappa shape index (κ1) is 69.3. The van der Waals surface area contributed by atoms with Gasteiger partial charge in [-0.3, -0.25) is 34.1 Å². The number of aldehydes is 1. The molecule has 3 aliphatic heterocycles. The fraction of sp³-hybridized carbons (Fsp3) is 0.469. The maximum Gasteiger partial charge on any atom is 0.509 e. The van der Waals surface area contributed by atoms with Crippen molar-refractivity contribution in [2.45, 2.75) is 118 Å². The van der Waals surface area contributed by atoms with Gasteiger partial charge in [0, 0.05) is 97.1 Å². The summed E-state index contributed by atoms with van der Waals surface area (Å²) in [5.41, 5.74) is 5.82. The van der Waals surface area contributed by atoms with Crippen LogP contribution in [0.3, 0.4) is 0 Å². The molecule has 3 aliphatic rings. The van der Waals surface area contributed by atoms with Crippen LogP contribution < -0.4 is 21.3 Å². The molecule has 0 spiro atoms. The first-order valence-electron chi connectivity index (χ1n) is 29.6. The van der Waals surface area contributed by atoms with Crippen LogP contribution in [0.2, 0.25) is 0 Å². The van der Waals surface area contributed by atoms with E-state index in [0.29, 0.717) is 84.8 Å². The van der Waals surface area contributed by atoms with Gasteiger partial charge in [-0.2, -0.15) is 10.0 Å². The third-order valence-corrected chi connectivity index (χ3v) is 18.9. The Morgan fingerprint density at radius 1 is 1.01 bits per heavy atom. The number of para-hydroxylation sites is 1. The number of nitrogens with zero attached hydrogens (tertiary/aromatic N) is 7. The van der Waals surface area contributed by atoms with Gasteiger partial charge < -0.3 is 49.9 Å². The molecule has 5 heterocycles. The molecule has 0 saturated carbocycles. The summed E-state index contributed by atoms with van der Waals surface area (Å²) in [4.78, 5) is 100. The van der Waals surface area contributed by atoms with Gasteiger partial charge in [0.25, 0.3) is 0 Å². The quantitative estimate of drug-likeness (QED) is 0.0118. The van der Waals surface area contributed by atoms with Crippen molar-refractivity contribution in [2.75, 3.05) is 76.7 Å². The maximum atomic E-state index is 13.2. The van der Waals surface area contributed by atoms with Crippen molar-refractivity contribution >= 4 is 97.7 Å². The molecule has 2 aromatic carbocycles. The molecule has 90 heavy (non-hydrogen) atoms. The zero-order chi connectivity index (χ0) is 65.2. The van der Waals surface area contributed by atoms with Gasteiger partial charge in [-0.15, -0.1) is 5.10 Å². The lowest BCUT2D eigenvalue weighted by atomic mass is 9.94. The maximum absolute atomic E-state index is 13.2. The van der Waals surface area contributed by atoms with E-state index >= 15 is 0 Å². The van der Waals surface area contributed by atoms with E-state index in [1.807, 2.05) is 57.8 Å². The zero-order valence-corrected chi connectivity index (χ0v) is 54.5. The average Bonchev–Trinajstić information content (AvgIpc) is 1.76. The number of esters is 1. The molecule has 4 aromatic rings. The van der Waals surface area contributed by atoms with Gasteiger partial charge in [0.05, 0.1) is 48.4 Å². The number of fused-ring (bicyclic) bond motifs is 2. The average molecular weight is 1280 g/mol. The highest BCUT2D eigenvalue weighted by molar-refractivity contribution is 8.47. The van der Waals surface area contributed by atoms with Crippen LogP contribution in [0, 0.1) is 22.7 Å². The second-order valence-corrected chi connectivity index (χ2v) is 28.0. The van der Waals surface area contributed by atoms with Crippen LogP contribution in [0.4, 0.5) is 10.5 Å². The molecule has 0 fully saturated rings. The Balaban J connectivity index is 0.772. The van der Waals surface area contributed by atoms with E-state index in [-0.39, 0.29) is 55.3 Å². The highest BCUT2D eigenvalue weighted by atomic mass is 32.3. The number of hydrogen-bond donors (Lipinski definition) is 5. The van der Waals surface area contributed by atoms with Crippen LogP contribution in [-0.4, -0.2) is 172 Å². The second kappa shape index (κ2) is 32.0. The van der Waals surface area contributed by atoms with Crippen molar-refractivity contribution in [1.82, 2.24) is 45.1 Å². The van der Waals surface area contributed by atoms with E-state index in [2.05, 4.69) is 97.5 Å². The third-order valence-electron chi connectivity index (χ3n) is 14.8. The second-order valence-electron chi connectivity index (χ2n) is 23.7. The van der Waals surface area contributed by atoms with Crippen molar-refractivity contribution in [3.8, 4) is 11.8 Å². The summed E-state index contributed by atoms with van der Waals surface area (Å²) in [5, 5.41) is 30.8. The molecule has 0 saturated heterocycles. The largest absolute Gasteiger partial charge is 0.509 e. The molecule has 2 unspecified atom stereocenters. The lowest BCUT2D eigenvalue weighted by molar-refractivity contribution is -0.153. The number of hydrogen-bond acceptors (Lipinski definition) is 19. The SMILES string of the molecule is CCS1(C)C=C(C#CCCCC(=O)NCc2cn(CC(C)(C)COC(C)(C)CNC(=O)COCC(=O)NCC(=O)Nc3ccc(COC(=O)OC4C(=O)OCC(C=O)=C4/C=C4/c5nc6ccccc6c(CCN(SC)C(C)C)c5CN4C)cc3)nn2)C=NC1=N. The van der Waals surface area contributed by atoms with Gasteiger partial charge in [-0.1, -0.05) is 80.1 Å². The lowest BCUT2D eigenvalue weighted by Crippen LogP contribution is -2.44. The van der Waals surface area contributed by atoms with Crippen LogP contribution in [0.1, 0.15) is 95.8 Å². The normalized spacial score (nSPS) is 17.7. The minimum atomic E-state index is -1.60. The van der Waals surface area contributed by atoms with Gasteiger partial charge in [0.1, 0.15) is 38.4 Å². The molecule has 7 rings (SSSR count). The van der Waals surface area contributed by atoms with Crippen molar-refractivity contribution in [2.24, 2.45) is 10.4 Å². The van der Waals surface area contributed by atoms with Gasteiger partial charge in [-0.05, 0) is 99.6 Å². The van der Waals surface area contributed by atoms with E-state index in [1.165, 1.54) is 5.56 Å². The number of aromatic nitrogens is 4. The number of aliphatic imine (C=N–C) groups is 1. The number of nitrogens with one attached hydrogen (secondary N) is 5. The summed E-state index contributed by atoms with van der Waals surface area (Å²) < 4.78 is 31.7. The van der Waals surface area contributed by atoms with Gasteiger partial charge in [0.15, 0.2) is 5.17 Å². The van der Waals surface area contributed by atoms with Crippen molar-refractivity contribution in [1.29, 1.82) is 5.41 Å². The summed E-state index contributed by atoms with van der Waals surface area (Å²) in [6, 6.07) is 14.6. The molecule has 0 aliphatic carbocycles. The Kier molecular flexibility index (Phi) is 24.6. The number of rotatable bonds is 30. The number of anilines is 1. The zero-order valence-electron chi connectivity index (χ0n) is 52.8. The predicted octanol–water partition coefficient (Wildman–Crippen LogP) is 6.77. The van der Waals surface area contributed by atoms with E-state index in [1.54, 1.807) is 59.4 Å². The third kappa shape index (κ3) is 19.9. The Morgan fingerprint density at radius 2 is 1.76 bits per heavy atom. The van der Waals surface area contributed by atoms with Crippen LogP contribution in [-0.2, 0) is 85.1 Å². The van der Waals surface area contributed by atoms with Crippen molar-refractivity contribution < 1.29 is 57.2 Å². The standard InChI is InChI=1S/C64H82N12O12S2/c1-11-90(10)38-44(28-68-61(90)65)17-13-12-14-20-54(78)66-29-47-31-75(73-72-47)40-63(4,5)41-87-64(6,7)39-69-57(81)37-84-36-56(80)67-30-55(79)70-46-23-21-43(22-24-46)34-86-62(83)88-59-50(45(33-77)35-85-60(59)82)27-53-58-51(32-74(53)8)48(25-26-76(89-9)42(2)3)49-18-15-16-19-52(49)71-58/h15-16,18-19,21-24,27-28,31,33,38,42,59,65H,11-12,14,20,25-26,29-30,32,34-37,39-41H2,1-10H3,(H,66,78)(H,67,80)(H,69,81)(H,70,79)/b53-27-,65-61?. The number of benzene rings is 2. The Hall–Kier alpha value is -8.22. The fourth-order valence-electron chi connectivity index (χ4n) is 9.67. The van der Waals surface area contributed by atoms with Crippen LogP contribution >= 0.6 is 22.0 Å². The van der Waals surface area contributed by atoms with Crippen molar-refractivity contribution in [3.05, 3.63) is 111 Å². The van der Waals surface area contributed by atoms with Gasteiger partial charge in [-0.25, -0.2) is 23.9 Å². The van der Waals surface area contributed by atoms with Crippen molar-refractivity contribution in [3.63, 3.8) is 0 Å². The minimum Gasteiger partial charge on any atom is -0.458 e. The molecule has 5 N–H and O–H groups in total. The molecule has 24 nitrogen and oxygen atoms in total. The molecule has 2 aromatic heterocycles. The number of carbonyl (C=O) groups excluding carboxylic acids is 7. The highest BCUT2D eigenvalue weighted by Crippen LogP contribution is 2.49. The van der Waals surface area contributed by atoms with E-state index in [0.717, 1.165) is 40.8 Å². The summed E-state index contributed by atoms with van der Waals surface area (Å²) in [6.07, 6.45) is 9.24. The Bertz CT molecular complexity index is 3510. The summed E-state index contributed by atoms with van der Waals surface area (Å²) >= 11 is 1.70. The molecule has 26 heteroatoms. The van der Waals surface area contributed by atoms with Crippen LogP contribution in [0.5, 0.6) is 0 Å². The number of amidine groups is 1. The molecule has 0 bridgehead atoms. The van der Waals surface area contributed by atoms with Gasteiger partial charge >= 0.3 is 12.1 Å². The summed E-state index contributed by atoms with van der Waals surface area (Å²) in [6.45, 7) is 14.7. The van der Waals surface area contributed by atoms with Crippen LogP contribution in [0.15, 0.2) is 87.9 Å². The minimum absolute atomic E-state index is 0.110. The van der Waals surface area contributed by atoms with Crippen LogP contribution in [0.25, 0.3) is 16.6 Å². The molecule has 4 amide bonds. The first-order valence-corrected chi connectivity index (χ1v) is 33.1. The lowest BCUT2D eigenvalue weighted by Gasteiger charge is -2.32. The number of cyclic esters (lactones) is 1. The summed E-state index contributed by atoms with van der Waals surface area (Å²) in [7, 11) is 0.544. The number of pyridine rings is 1. The number of unbranched alkanes of at least 4 members (excludes halogenated alkanes) is 1. The number of ether oxygens (including phenoxy) is 5. The fourth-order valence-corrected chi connectivity index (χ4v) is 11.9. The Morgan fingerprint density at radius 3 is 2.48 bits per heavy atom. The monoisotopic (exact) mass is 1270 g/mol. The number of allylic oxidation sites excluding steroid dienone is 1. The molecule has 0 radical (unpaired) electrons. The van der Waals surface area contributed by atoms with E-state index in [9.17, 15) is 33.6 Å². The molecular formula is C64H82N12O12S2. The summed E-state index contributed by atoms with van der Waals surface area (Å²) in [5.74, 6) is 4.46. The molecular weight excluding hydrogens is 1190 g/mol. The predicted molar refractivity (Wildman–Crippen MR) is 347 cm³/mol. The first-order chi connectivity index (χ1) is 42.9.